The number of ether oxygens (including phenoxy) is 1. The van der Waals surface area contributed by atoms with Crippen molar-refractivity contribution in [3.8, 4) is 22.9 Å². The zero-order chi connectivity index (χ0) is 40.5. The van der Waals surface area contributed by atoms with Crippen molar-refractivity contribution in [2.45, 2.75) is 60.5 Å². The number of nitriles is 1. The van der Waals surface area contributed by atoms with Gasteiger partial charge in [0, 0.05) is 6.42 Å². The smallest absolute Gasteiger partial charge is 0.460 e. The topological polar surface area (TPSA) is 33.0 Å². The van der Waals surface area contributed by atoms with Crippen molar-refractivity contribution < 1.29 is 90.3 Å². The van der Waals surface area contributed by atoms with E-state index in [4.69, 9.17) is 16.2 Å². The summed E-state index contributed by atoms with van der Waals surface area (Å²) in [6, 6.07) is -7.77. The van der Waals surface area contributed by atoms with E-state index >= 15 is 0 Å². The van der Waals surface area contributed by atoms with Gasteiger partial charge in [0.05, 0.1) is 29.2 Å². The molecular weight excluding hydrogens is 641 g/mol. The minimum atomic E-state index is -8.78. The van der Waals surface area contributed by atoms with E-state index in [2.05, 4.69) is 4.74 Å². The predicted molar refractivity (Wildman–Crippen MR) is 112 cm³/mol. The number of hydrogen-bond acceptors (Lipinski definition) is 2. The molecule has 0 unspecified atom stereocenters. The van der Waals surface area contributed by atoms with E-state index in [1.54, 1.807) is 0 Å². The van der Waals surface area contributed by atoms with Crippen molar-refractivity contribution >= 4 is 0 Å². The number of benzene rings is 2. The summed E-state index contributed by atoms with van der Waals surface area (Å²) in [5.74, 6) is -58.8. The SMILES string of the molecule is [2H]c1c([2H])c(-c2c([2H])c([2H])c(OCCCC(F)(F)C(F)(F)C(F)(F)C(F)(F)C(F)(F)C(F)(F)C(F)(F)C(F)(F)F)c([2H])c2[2H])c([2H])c([2H])c1C#N. The molecule has 240 valence electrons. The Bertz CT molecular complexity index is 1680. The molecule has 19 heteroatoms. The Morgan fingerprint density at radius 2 is 0.930 bits per heavy atom. The summed E-state index contributed by atoms with van der Waals surface area (Å²) in [5, 5.41) is 9.05. The number of halogens is 17. The number of nitrogens with zero attached hydrogens (tertiary/aromatic N) is 1. The molecule has 0 aliphatic heterocycles. The molecule has 0 aliphatic rings. The van der Waals surface area contributed by atoms with Crippen LogP contribution in [0.25, 0.3) is 11.1 Å². The molecule has 0 atom stereocenters. The summed E-state index contributed by atoms with van der Waals surface area (Å²) in [4.78, 5) is 0. The summed E-state index contributed by atoms with van der Waals surface area (Å²) in [7, 11) is 0. The fourth-order valence-corrected chi connectivity index (χ4v) is 2.81. The third-order valence-corrected chi connectivity index (χ3v) is 5.26. The molecule has 0 amide bonds. The Morgan fingerprint density at radius 3 is 1.33 bits per heavy atom. The van der Waals surface area contributed by atoms with E-state index in [0.29, 0.717) is 0 Å². The van der Waals surface area contributed by atoms with Crippen LogP contribution in [0.3, 0.4) is 0 Å². The van der Waals surface area contributed by atoms with E-state index in [1.807, 2.05) is 0 Å². The van der Waals surface area contributed by atoms with Gasteiger partial charge >= 0.3 is 47.6 Å². The molecule has 2 rings (SSSR count). The maximum atomic E-state index is 14.2. The molecule has 0 aliphatic carbocycles. The highest BCUT2D eigenvalue weighted by molar-refractivity contribution is 5.64. The standard InChI is InChI=1S/C24H14F17NO/c25-17(26,10-1-11-43-16-8-6-15(7-9-16)14-4-2-13(12-42)3-5-14)18(27,28)19(29,30)20(31,32)21(33,34)22(35,36)23(37,38)24(39,40)41/h2-9H,1,10-11H2/i2D,3D,4D,5D,6D,7D,8D,9D. The quantitative estimate of drug-likeness (QED) is 0.168. The highest BCUT2D eigenvalue weighted by Crippen LogP contribution is 2.64. The molecule has 0 bridgehead atoms. The fourth-order valence-electron chi connectivity index (χ4n) is 2.81. The molecule has 0 saturated heterocycles. The van der Waals surface area contributed by atoms with Crippen LogP contribution in [-0.2, 0) is 0 Å². The summed E-state index contributed by atoms with van der Waals surface area (Å²) >= 11 is 0. The Kier molecular flexibility index (Phi) is 6.51. The van der Waals surface area contributed by atoms with Crippen molar-refractivity contribution in [1.29, 1.82) is 5.26 Å². The minimum absolute atomic E-state index is 0.789. The highest BCUT2D eigenvalue weighted by Gasteiger charge is 2.95. The molecule has 2 aromatic carbocycles. The molecule has 0 N–H and O–H groups in total. The van der Waals surface area contributed by atoms with Crippen LogP contribution in [0, 0.1) is 11.3 Å². The Hall–Kier alpha value is -3.46. The van der Waals surface area contributed by atoms with Crippen LogP contribution >= 0.6 is 0 Å². The van der Waals surface area contributed by atoms with Crippen LogP contribution in [-0.4, -0.2) is 54.2 Å². The molecule has 43 heavy (non-hydrogen) atoms. The maximum absolute atomic E-state index is 14.2. The van der Waals surface area contributed by atoms with Gasteiger partial charge < -0.3 is 4.74 Å². The van der Waals surface area contributed by atoms with E-state index in [-0.39, 0.29) is 0 Å². The van der Waals surface area contributed by atoms with Crippen molar-refractivity contribution in [3.05, 3.63) is 53.9 Å². The van der Waals surface area contributed by atoms with Gasteiger partial charge in [0.15, 0.2) is 0 Å². The lowest BCUT2D eigenvalue weighted by molar-refractivity contribution is -0.461. The number of rotatable bonds is 12. The van der Waals surface area contributed by atoms with Crippen LogP contribution in [0.2, 0.25) is 0 Å². The normalized spacial score (nSPS) is 17.0. The lowest BCUT2D eigenvalue weighted by Crippen LogP contribution is -2.74. The van der Waals surface area contributed by atoms with Crippen molar-refractivity contribution in [2.75, 3.05) is 6.61 Å². The van der Waals surface area contributed by atoms with E-state index in [1.165, 1.54) is 6.07 Å². The van der Waals surface area contributed by atoms with Crippen molar-refractivity contribution in [2.24, 2.45) is 0 Å². The minimum Gasteiger partial charge on any atom is -0.494 e. The first kappa shape index (κ1) is 24.9. The van der Waals surface area contributed by atoms with E-state index < -0.39 is 138 Å². The zero-order valence-corrected chi connectivity index (χ0v) is 19.9. The second-order valence-electron chi connectivity index (χ2n) is 8.17. The van der Waals surface area contributed by atoms with Crippen molar-refractivity contribution in [3.63, 3.8) is 0 Å². The molecule has 0 aromatic heterocycles. The average molecular weight is 663 g/mol. The Morgan fingerprint density at radius 1 is 0.558 bits per heavy atom. The Balaban J connectivity index is 2.44. The van der Waals surface area contributed by atoms with Gasteiger partial charge in [-0.15, -0.1) is 0 Å². The van der Waals surface area contributed by atoms with Crippen LogP contribution in [0.4, 0.5) is 74.6 Å². The van der Waals surface area contributed by atoms with Gasteiger partial charge in [-0.2, -0.15) is 79.9 Å². The van der Waals surface area contributed by atoms with Gasteiger partial charge in [0.25, 0.3) is 0 Å². The van der Waals surface area contributed by atoms with Crippen LogP contribution in [0.1, 0.15) is 29.4 Å². The van der Waals surface area contributed by atoms with Gasteiger partial charge in [0.2, 0.25) is 0 Å². The third kappa shape index (κ3) is 5.88. The summed E-state index contributed by atoms with van der Waals surface area (Å²) < 4.78 is 297. The van der Waals surface area contributed by atoms with Gasteiger partial charge in [-0.05, 0) is 41.7 Å². The van der Waals surface area contributed by atoms with Crippen LogP contribution < -0.4 is 4.74 Å². The Labute approximate surface area is 240 Å². The monoisotopic (exact) mass is 663 g/mol. The number of alkyl halides is 17. The highest BCUT2D eigenvalue weighted by atomic mass is 19.4. The van der Waals surface area contributed by atoms with Crippen molar-refractivity contribution in [1.82, 2.24) is 0 Å². The molecule has 2 aromatic rings. The van der Waals surface area contributed by atoms with E-state index in [0.717, 1.165) is 0 Å². The van der Waals surface area contributed by atoms with Gasteiger partial charge in [-0.1, -0.05) is 24.2 Å². The van der Waals surface area contributed by atoms with Gasteiger partial charge in [-0.25, -0.2) is 0 Å². The first-order valence-electron chi connectivity index (χ1n) is 14.5. The second kappa shape index (κ2) is 11.2. The molecule has 0 radical (unpaired) electrons. The number of hydrogen-bond donors (Lipinski definition) is 0. The lowest BCUT2D eigenvalue weighted by atomic mass is 9.88. The van der Waals surface area contributed by atoms with Crippen LogP contribution in [0.5, 0.6) is 5.75 Å². The predicted octanol–water partition coefficient (Wildman–Crippen LogP) is 9.39. The van der Waals surface area contributed by atoms with E-state index in [9.17, 15) is 74.6 Å². The molecule has 0 heterocycles. The summed E-state index contributed by atoms with van der Waals surface area (Å²) in [6.45, 7) is -1.58. The molecule has 0 saturated carbocycles. The summed E-state index contributed by atoms with van der Waals surface area (Å²) in [5.41, 5.74) is -2.64. The van der Waals surface area contributed by atoms with Crippen LogP contribution in [0.15, 0.2) is 48.3 Å². The third-order valence-electron chi connectivity index (χ3n) is 5.26. The van der Waals surface area contributed by atoms with Gasteiger partial charge in [-0.3, -0.25) is 0 Å². The molecule has 0 spiro atoms. The lowest BCUT2D eigenvalue weighted by Gasteiger charge is -2.42. The first-order valence-corrected chi connectivity index (χ1v) is 10.5. The zero-order valence-electron chi connectivity index (χ0n) is 27.9. The second-order valence-corrected chi connectivity index (χ2v) is 8.17. The first-order chi connectivity index (χ1) is 22.6. The average Bonchev–Trinajstić information content (AvgIpc) is 2.99. The largest absolute Gasteiger partial charge is 0.494 e. The molecular formula is C24H14F17NO. The molecule has 2 nitrogen and oxygen atoms in total. The maximum Gasteiger partial charge on any atom is 0.460 e. The van der Waals surface area contributed by atoms with Gasteiger partial charge in [0.1, 0.15) is 5.75 Å². The molecule has 0 fully saturated rings. The summed E-state index contributed by atoms with van der Waals surface area (Å²) in [6.07, 6.45) is -12.6. The fraction of sp³-hybridized carbons (Fsp3) is 0.458.